The number of unbranched alkanes of at least 4 members (excludes halogenated alkanes) is 5. The largest absolute Gasteiger partial charge is 0.298 e. The molecule has 0 saturated carbocycles. The average molecular weight is 312 g/mol. The van der Waals surface area contributed by atoms with Crippen LogP contribution in [-0.4, -0.2) is 23.5 Å². The van der Waals surface area contributed by atoms with Gasteiger partial charge in [-0.1, -0.05) is 86.0 Å². The van der Waals surface area contributed by atoms with Gasteiger partial charge in [-0.2, -0.15) is 0 Å². The maximum absolute atomic E-state index is 2.93. The van der Waals surface area contributed by atoms with E-state index in [0.29, 0.717) is 5.54 Å². The summed E-state index contributed by atoms with van der Waals surface area (Å²) in [6.07, 6.45) is 17.9. The first-order valence-corrected chi connectivity index (χ1v) is 10.5. The second-order valence-corrected chi connectivity index (χ2v) is 7.23. The van der Waals surface area contributed by atoms with E-state index >= 15 is 0 Å². The van der Waals surface area contributed by atoms with Gasteiger partial charge in [-0.3, -0.25) is 4.90 Å². The quantitative estimate of drug-likeness (QED) is 0.291. The molecule has 0 fully saturated rings. The molecule has 0 aliphatic heterocycles. The van der Waals surface area contributed by atoms with E-state index in [1.165, 1.54) is 96.6 Å². The molecule has 0 N–H and O–H groups in total. The fourth-order valence-electron chi connectivity index (χ4n) is 3.65. The third-order valence-corrected chi connectivity index (χ3v) is 5.22. The summed E-state index contributed by atoms with van der Waals surface area (Å²) in [6.45, 7) is 14.4. The fourth-order valence-corrected chi connectivity index (χ4v) is 3.65. The third-order valence-electron chi connectivity index (χ3n) is 5.22. The monoisotopic (exact) mass is 311 g/mol. The first-order valence-electron chi connectivity index (χ1n) is 10.5. The van der Waals surface area contributed by atoms with Gasteiger partial charge in [0.2, 0.25) is 0 Å². The minimum Gasteiger partial charge on any atom is -0.298 e. The van der Waals surface area contributed by atoms with Crippen molar-refractivity contribution < 1.29 is 0 Å². The van der Waals surface area contributed by atoms with E-state index in [4.69, 9.17) is 0 Å². The first-order chi connectivity index (χ1) is 10.7. The van der Waals surface area contributed by atoms with Crippen LogP contribution < -0.4 is 0 Å². The summed E-state index contributed by atoms with van der Waals surface area (Å²) < 4.78 is 0. The topological polar surface area (TPSA) is 3.24 Å². The summed E-state index contributed by atoms with van der Waals surface area (Å²) in [4.78, 5) is 2.93. The molecule has 0 atom stereocenters. The van der Waals surface area contributed by atoms with Crippen LogP contribution in [0.15, 0.2) is 0 Å². The molecule has 0 radical (unpaired) electrons. The van der Waals surface area contributed by atoms with Gasteiger partial charge in [-0.05, 0) is 45.2 Å². The minimum atomic E-state index is 0.506. The van der Waals surface area contributed by atoms with Crippen LogP contribution in [-0.2, 0) is 0 Å². The Kier molecular flexibility index (Phi) is 14.5. The maximum atomic E-state index is 2.93. The smallest absolute Gasteiger partial charge is 0.0209 e. The molecule has 0 heterocycles. The Bertz CT molecular complexity index is 194. The van der Waals surface area contributed by atoms with Gasteiger partial charge >= 0.3 is 0 Å². The molecule has 0 bridgehead atoms. The van der Waals surface area contributed by atoms with Crippen molar-refractivity contribution >= 4 is 0 Å². The fraction of sp³-hybridized carbons (Fsp3) is 1.00. The van der Waals surface area contributed by atoms with E-state index in [2.05, 4.69) is 39.5 Å². The van der Waals surface area contributed by atoms with Crippen molar-refractivity contribution in [3.8, 4) is 0 Å². The summed E-state index contributed by atoms with van der Waals surface area (Å²) in [5, 5.41) is 0. The highest BCUT2D eigenvalue weighted by molar-refractivity contribution is 4.90. The van der Waals surface area contributed by atoms with E-state index in [1.54, 1.807) is 0 Å². The lowest BCUT2D eigenvalue weighted by molar-refractivity contribution is 0.0509. The van der Waals surface area contributed by atoms with Gasteiger partial charge in [0, 0.05) is 5.54 Å². The van der Waals surface area contributed by atoms with Gasteiger partial charge in [0.15, 0.2) is 0 Å². The molecular formula is C21H45N. The van der Waals surface area contributed by atoms with Gasteiger partial charge in [-0.25, -0.2) is 0 Å². The maximum Gasteiger partial charge on any atom is 0.0209 e. The molecule has 0 aliphatic carbocycles. The van der Waals surface area contributed by atoms with Crippen molar-refractivity contribution in [2.45, 2.75) is 124 Å². The number of hydrogen-bond acceptors (Lipinski definition) is 1. The highest BCUT2D eigenvalue weighted by Crippen LogP contribution is 2.34. The Labute approximate surface area is 142 Å². The predicted octanol–water partition coefficient (Wildman–Crippen LogP) is 7.20. The zero-order chi connectivity index (χ0) is 16.7. The van der Waals surface area contributed by atoms with E-state index in [-0.39, 0.29) is 0 Å². The van der Waals surface area contributed by atoms with E-state index < -0.39 is 0 Å². The average Bonchev–Trinajstić information content (AvgIpc) is 2.55. The van der Waals surface area contributed by atoms with Gasteiger partial charge in [0.25, 0.3) is 0 Å². The summed E-state index contributed by atoms with van der Waals surface area (Å²) >= 11 is 0. The molecule has 0 aliphatic rings. The standard InChI is InChI=1S/C21H45N/c1-6-11-16-21(17-12-7-2,18-13-8-3)22(19-14-9-4)20-15-10-5/h6-20H2,1-5H3. The Balaban J connectivity index is 5.13. The SMILES string of the molecule is CCCCN(CCCC)C(CCCC)(CCCC)CCCC. The van der Waals surface area contributed by atoms with Gasteiger partial charge in [0.1, 0.15) is 0 Å². The highest BCUT2D eigenvalue weighted by Gasteiger charge is 2.34. The number of hydrogen-bond donors (Lipinski definition) is 0. The van der Waals surface area contributed by atoms with Crippen LogP contribution in [0.5, 0.6) is 0 Å². The first kappa shape index (κ1) is 22.0. The zero-order valence-electron chi connectivity index (χ0n) is 16.6. The summed E-state index contributed by atoms with van der Waals surface area (Å²) in [7, 11) is 0. The number of rotatable bonds is 16. The predicted molar refractivity (Wildman–Crippen MR) is 103 cm³/mol. The highest BCUT2D eigenvalue weighted by atomic mass is 15.2. The van der Waals surface area contributed by atoms with Crippen LogP contribution >= 0.6 is 0 Å². The lowest BCUT2D eigenvalue weighted by atomic mass is 9.80. The zero-order valence-corrected chi connectivity index (χ0v) is 16.6. The lowest BCUT2D eigenvalue weighted by Crippen LogP contribution is -2.49. The minimum absolute atomic E-state index is 0.506. The normalized spacial score (nSPS) is 12.3. The molecule has 0 saturated heterocycles. The molecular weight excluding hydrogens is 266 g/mol. The van der Waals surface area contributed by atoms with Crippen molar-refractivity contribution in [1.82, 2.24) is 4.90 Å². The summed E-state index contributed by atoms with van der Waals surface area (Å²) in [6, 6.07) is 0. The molecule has 0 spiro atoms. The number of nitrogens with zero attached hydrogens (tertiary/aromatic N) is 1. The van der Waals surface area contributed by atoms with Gasteiger partial charge in [-0.15, -0.1) is 0 Å². The van der Waals surface area contributed by atoms with Gasteiger partial charge in [0.05, 0.1) is 0 Å². The molecule has 0 aromatic heterocycles. The van der Waals surface area contributed by atoms with Crippen LogP contribution in [0.2, 0.25) is 0 Å². The van der Waals surface area contributed by atoms with E-state index in [0.717, 1.165) is 0 Å². The second-order valence-electron chi connectivity index (χ2n) is 7.23. The van der Waals surface area contributed by atoms with Crippen LogP contribution in [0.1, 0.15) is 118 Å². The van der Waals surface area contributed by atoms with Crippen molar-refractivity contribution in [2.75, 3.05) is 13.1 Å². The Morgan fingerprint density at radius 2 is 0.818 bits per heavy atom. The van der Waals surface area contributed by atoms with Crippen LogP contribution in [0.3, 0.4) is 0 Å². The van der Waals surface area contributed by atoms with Crippen molar-refractivity contribution in [2.24, 2.45) is 0 Å². The van der Waals surface area contributed by atoms with Crippen molar-refractivity contribution in [3.63, 3.8) is 0 Å². The second kappa shape index (κ2) is 14.5. The molecule has 134 valence electrons. The Hall–Kier alpha value is -0.0400. The molecule has 1 nitrogen and oxygen atoms in total. The van der Waals surface area contributed by atoms with Crippen molar-refractivity contribution in [1.29, 1.82) is 0 Å². The van der Waals surface area contributed by atoms with Crippen LogP contribution in [0.25, 0.3) is 0 Å². The molecule has 0 aromatic rings. The lowest BCUT2D eigenvalue weighted by Gasteiger charge is -2.45. The third kappa shape index (κ3) is 8.56. The summed E-state index contributed by atoms with van der Waals surface area (Å²) in [5.41, 5.74) is 0.506. The van der Waals surface area contributed by atoms with E-state index in [9.17, 15) is 0 Å². The Morgan fingerprint density at radius 1 is 0.500 bits per heavy atom. The van der Waals surface area contributed by atoms with E-state index in [1.807, 2.05) is 0 Å². The molecule has 0 amide bonds. The van der Waals surface area contributed by atoms with Crippen LogP contribution in [0, 0.1) is 0 Å². The summed E-state index contributed by atoms with van der Waals surface area (Å²) in [5.74, 6) is 0. The van der Waals surface area contributed by atoms with Crippen LogP contribution in [0.4, 0.5) is 0 Å². The molecule has 0 rings (SSSR count). The molecule has 1 heteroatoms. The molecule has 0 aromatic carbocycles. The van der Waals surface area contributed by atoms with Crippen molar-refractivity contribution in [3.05, 3.63) is 0 Å². The molecule has 22 heavy (non-hydrogen) atoms. The Morgan fingerprint density at radius 3 is 1.09 bits per heavy atom. The van der Waals surface area contributed by atoms with Gasteiger partial charge < -0.3 is 0 Å². The molecule has 0 unspecified atom stereocenters.